The summed E-state index contributed by atoms with van der Waals surface area (Å²) in [5, 5.41) is 10.7. The maximum absolute atomic E-state index is 5.63. The second-order valence-electron chi connectivity index (χ2n) is 5.72. The van der Waals surface area contributed by atoms with Crippen molar-refractivity contribution in [2.75, 3.05) is 13.2 Å². The monoisotopic (exact) mass is 321 g/mol. The van der Waals surface area contributed by atoms with Crippen LogP contribution in [0, 0.1) is 0 Å². The number of ether oxygens (including phenoxy) is 2. The van der Waals surface area contributed by atoms with E-state index < -0.39 is 0 Å². The van der Waals surface area contributed by atoms with Crippen LogP contribution in [0.2, 0.25) is 0 Å². The maximum Gasteiger partial charge on any atom is 0.161 e. The summed E-state index contributed by atoms with van der Waals surface area (Å²) in [6.07, 6.45) is 1.87. The molecule has 0 aliphatic carbocycles. The van der Waals surface area contributed by atoms with E-state index in [0.717, 1.165) is 41.4 Å². The predicted octanol–water partition coefficient (Wildman–Crippen LogP) is 3.14. The molecule has 0 unspecified atom stereocenters. The van der Waals surface area contributed by atoms with Crippen molar-refractivity contribution in [2.45, 2.75) is 13.1 Å². The number of hydrogen-bond acceptors (Lipinski definition) is 4. The van der Waals surface area contributed by atoms with E-state index in [-0.39, 0.29) is 0 Å². The molecule has 5 nitrogen and oxygen atoms in total. The fourth-order valence-electron chi connectivity index (χ4n) is 2.84. The van der Waals surface area contributed by atoms with Gasteiger partial charge in [0, 0.05) is 18.7 Å². The molecule has 3 aromatic rings. The Labute approximate surface area is 140 Å². The van der Waals surface area contributed by atoms with Gasteiger partial charge in [0.1, 0.15) is 13.2 Å². The van der Waals surface area contributed by atoms with Gasteiger partial charge in [-0.3, -0.25) is 5.10 Å². The van der Waals surface area contributed by atoms with Gasteiger partial charge in [-0.05, 0) is 23.3 Å². The summed E-state index contributed by atoms with van der Waals surface area (Å²) in [6.45, 7) is 2.73. The average molecular weight is 321 g/mol. The molecule has 0 spiro atoms. The lowest BCUT2D eigenvalue weighted by molar-refractivity contribution is 0.171. The second kappa shape index (κ2) is 6.76. The van der Waals surface area contributed by atoms with E-state index in [1.54, 1.807) is 0 Å². The fourth-order valence-corrected chi connectivity index (χ4v) is 2.84. The number of H-pyrrole nitrogens is 1. The molecule has 1 aromatic heterocycles. The molecule has 5 heteroatoms. The topological polar surface area (TPSA) is 59.2 Å². The zero-order valence-corrected chi connectivity index (χ0v) is 13.3. The molecule has 0 amide bonds. The summed E-state index contributed by atoms with van der Waals surface area (Å²) >= 11 is 0. The van der Waals surface area contributed by atoms with Crippen LogP contribution in [0.25, 0.3) is 11.3 Å². The first-order valence-electron chi connectivity index (χ1n) is 8.07. The van der Waals surface area contributed by atoms with Gasteiger partial charge in [0.2, 0.25) is 0 Å². The van der Waals surface area contributed by atoms with E-state index >= 15 is 0 Å². The SMILES string of the molecule is c1ccc(-c2[nH]ncc2CNCc2ccc3c(c2)OCCO3)cc1. The standard InChI is InChI=1S/C19H19N3O2/c1-2-4-15(5-3-1)19-16(13-21-22-19)12-20-11-14-6-7-17-18(10-14)24-9-8-23-17/h1-7,10,13,20H,8-9,11-12H2,(H,21,22). The summed E-state index contributed by atoms with van der Waals surface area (Å²) in [7, 11) is 0. The Morgan fingerprint density at radius 3 is 2.67 bits per heavy atom. The molecule has 0 saturated carbocycles. The van der Waals surface area contributed by atoms with E-state index in [1.165, 1.54) is 5.56 Å². The third-order valence-corrected chi connectivity index (χ3v) is 4.03. The molecule has 0 atom stereocenters. The molecule has 2 aromatic carbocycles. The molecule has 0 saturated heterocycles. The zero-order valence-electron chi connectivity index (χ0n) is 13.3. The highest BCUT2D eigenvalue weighted by Crippen LogP contribution is 2.30. The predicted molar refractivity (Wildman–Crippen MR) is 92.0 cm³/mol. The van der Waals surface area contributed by atoms with E-state index in [1.807, 2.05) is 36.5 Å². The van der Waals surface area contributed by atoms with E-state index in [0.29, 0.717) is 13.2 Å². The highest BCUT2D eigenvalue weighted by atomic mass is 16.6. The quantitative estimate of drug-likeness (QED) is 0.758. The van der Waals surface area contributed by atoms with Gasteiger partial charge in [-0.15, -0.1) is 0 Å². The van der Waals surface area contributed by atoms with Crippen molar-refractivity contribution in [1.82, 2.24) is 15.5 Å². The number of aromatic amines is 1. The number of fused-ring (bicyclic) bond motifs is 1. The lowest BCUT2D eigenvalue weighted by atomic mass is 10.1. The lowest BCUT2D eigenvalue weighted by Gasteiger charge is -2.19. The Balaban J connectivity index is 1.41. The zero-order chi connectivity index (χ0) is 16.2. The van der Waals surface area contributed by atoms with Crippen LogP contribution in [0.5, 0.6) is 11.5 Å². The number of aromatic nitrogens is 2. The largest absolute Gasteiger partial charge is 0.486 e. The van der Waals surface area contributed by atoms with Crippen LogP contribution in [-0.2, 0) is 13.1 Å². The molecule has 2 N–H and O–H groups in total. The van der Waals surface area contributed by atoms with E-state index in [2.05, 4.69) is 33.7 Å². The van der Waals surface area contributed by atoms with Gasteiger partial charge in [0.25, 0.3) is 0 Å². The summed E-state index contributed by atoms with van der Waals surface area (Å²) in [4.78, 5) is 0. The number of benzene rings is 2. The van der Waals surface area contributed by atoms with Crippen LogP contribution in [0.15, 0.2) is 54.7 Å². The Kier molecular flexibility index (Phi) is 4.16. The molecule has 4 rings (SSSR count). The van der Waals surface area contributed by atoms with Crippen molar-refractivity contribution < 1.29 is 9.47 Å². The van der Waals surface area contributed by atoms with E-state index in [9.17, 15) is 0 Å². The number of rotatable bonds is 5. The van der Waals surface area contributed by atoms with Crippen molar-refractivity contribution in [3.63, 3.8) is 0 Å². The van der Waals surface area contributed by atoms with Crippen LogP contribution in [0.3, 0.4) is 0 Å². The first kappa shape index (κ1) is 14.8. The molecule has 0 fully saturated rings. The van der Waals surface area contributed by atoms with Gasteiger partial charge in [-0.25, -0.2) is 0 Å². The Morgan fingerprint density at radius 2 is 1.79 bits per heavy atom. The minimum absolute atomic E-state index is 0.610. The van der Waals surface area contributed by atoms with Crippen LogP contribution in [-0.4, -0.2) is 23.4 Å². The van der Waals surface area contributed by atoms with Crippen LogP contribution >= 0.6 is 0 Å². The van der Waals surface area contributed by atoms with Gasteiger partial charge >= 0.3 is 0 Å². The normalized spacial score (nSPS) is 13.0. The molecule has 24 heavy (non-hydrogen) atoms. The van der Waals surface area contributed by atoms with Crippen molar-refractivity contribution in [1.29, 1.82) is 0 Å². The Hall–Kier alpha value is -2.79. The summed E-state index contributed by atoms with van der Waals surface area (Å²) in [6, 6.07) is 16.3. The number of nitrogens with one attached hydrogen (secondary N) is 2. The van der Waals surface area contributed by atoms with E-state index in [4.69, 9.17) is 9.47 Å². The molecule has 122 valence electrons. The molecule has 0 radical (unpaired) electrons. The van der Waals surface area contributed by atoms with Gasteiger partial charge in [0.15, 0.2) is 11.5 Å². The van der Waals surface area contributed by atoms with Crippen molar-refractivity contribution >= 4 is 0 Å². The van der Waals surface area contributed by atoms with Gasteiger partial charge in [-0.2, -0.15) is 5.10 Å². The number of hydrogen-bond donors (Lipinski definition) is 2. The molecular weight excluding hydrogens is 302 g/mol. The second-order valence-corrected chi connectivity index (χ2v) is 5.72. The maximum atomic E-state index is 5.63. The Morgan fingerprint density at radius 1 is 0.958 bits per heavy atom. The summed E-state index contributed by atoms with van der Waals surface area (Å²) in [5.74, 6) is 1.65. The third kappa shape index (κ3) is 3.12. The van der Waals surface area contributed by atoms with Gasteiger partial charge < -0.3 is 14.8 Å². The molecular formula is C19H19N3O2. The molecule has 2 heterocycles. The first-order valence-corrected chi connectivity index (χ1v) is 8.07. The summed E-state index contributed by atoms with van der Waals surface area (Å²) in [5.41, 5.74) is 4.53. The van der Waals surface area contributed by atoms with Gasteiger partial charge in [-0.1, -0.05) is 36.4 Å². The minimum Gasteiger partial charge on any atom is -0.486 e. The third-order valence-electron chi connectivity index (χ3n) is 4.03. The average Bonchev–Trinajstić information content (AvgIpc) is 3.11. The van der Waals surface area contributed by atoms with Crippen LogP contribution in [0.4, 0.5) is 0 Å². The fraction of sp³-hybridized carbons (Fsp3) is 0.211. The summed E-state index contributed by atoms with van der Waals surface area (Å²) < 4.78 is 11.2. The van der Waals surface area contributed by atoms with Crippen molar-refractivity contribution in [3.05, 3.63) is 65.9 Å². The first-order chi connectivity index (χ1) is 11.9. The highest BCUT2D eigenvalue weighted by Gasteiger charge is 2.12. The van der Waals surface area contributed by atoms with Crippen LogP contribution < -0.4 is 14.8 Å². The molecule has 1 aliphatic heterocycles. The lowest BCUT2D eigenvalue weighted by Crippen LogP contribution is -2.16. The van der Waals surface area contributed by atoms with Crippen molar-refractivity contribution in [3.8, 4) is 22.8 Å². The highest BCUT2D eigenvalue weighted by molar-refractivity contribution is 5.62. The number of nitrogens with zero attached hydrogens (tertiary/aromatic N) is 1. The van der Waals surface area contributed by atoms with Crippen LogP contribution in [0.1, 0.15) is 11.1 Å². The smallest absolute Gasteiger partial charge is 0.161 e. The van der Waals surface area contributed by atoms with Crippen molar-refractivity contribution in [2.24, 2.45) is 0 Å². The van der Waals surface area contributed by atoms with Gasteiger partial charge in [0.05, 0.1) is 11.9 Å². The molecule has 1 aliphatic rings. The minimum atomic E-state index is 0.610. The Bertz CT molecular complexity index is 814. The molecule has 0 bridgehead atoms.